The highest BCUT2D eigenvalue weighted by molar-refractivity contribution is 6.10. The number of para-hydroxylation sites is 2. The van der Waals surface area contributed by atoms with Gasteiger partial charge < -0.3 is 15.1 Å². The molecule has 0 atom stereocenters. The van der Waals surface area contributed by atoms with Crippen LogP contribution in [0.15, 0.2) is 24.3 Å². The van der Waals surface area contributed by atoms with Crippen LogP contribution in [-0.4, -0.2) is 73.0 Å². The molecule has 2 aliphatic rings. The lowest BCUT2D eigenvalue weighted by Crippen LogP contribution is -2.43. The number of rotatable bonds is 4. The molecule has 0 radical (unpaired) electrons. The number of nitrogens with zero attached hydrogens (tertiary/aromatic N) is 3. The van der Waals surface area contributed by atoms with E-state index in [0.717, 1.165) is 0 Å². The van der Waals surface area contributed by atoms with E-state index in [0.29, 0.717) is 24.3 Å². The van der Waals surface area contributed by atoms with Gasteiger partial charge in [0, 0.05) is 39.0 Å². The average molecular weight is 412 g/mol. The molecule has 0 unspecified atom stereocenters. The van der Waals surface area contributed by atoms with Crippen LogP contribution in [0.5, 0.6) is 0 Å². The van der Waals surface area contributed by atoms with Gasteiger partial charge in [0.15, 0.2) is 0 Å². The normalized spacial score (nSPS) is 18.1. The van der Waals surface area contributed by atoms with Crippen LogP contribution in [0.25, 0.3) is 0 Å². The molecular weight excluding hydrogens is 389 g/mol. The Hall–Kier alpha value is -2.62. The van der Waals surface area contributed by atoms with Crippen molar-refractivity contribution in [1.82, 2.24) is 9.80 Å². The molecule has 0 saturated carbocycles. The first-order chi connectivity index (χ1) is 13.7. The van der Waals surface area contributed by atoms with Crippen molar-refractivity contribution < 1.29 is 27.6 Å². The Labute approximate surface area is 166 Å². The first-order valence-corrected chi connectivity index (χ1v) is 9.49. The van der Waals surface area contributed by atoms with E-state index >= 15 is 0 Å². The van der Waals surface area contributed by atoms with Gasteiger partial charge >= 0.3 is 6.18 Å². The molecule has 1 aromatic rings. The third-order valence-corrected chi connectivity index (χ3v) is 4.97. The fourth-order valence-corrected chi connectivity index (χ4v) is 3.59. The summed E-state index contributed by atoms with van der Waals surface area (Å²) in [6.07, 6.45) is -3.92. The van der Waals surface area contributed by atoms with Gasteiger partial charge in [0.1, 0.15) is 6.54 Å². The lowest BCUT2D eigenvalue weighted by molar-refractivity contribution is -0.145. The Morgan fingerprint density at radius 3 is 2.48 bits per heavy atom. The Kier molecular flexibility index (Phi) is 6.41. The number of hydrogen-bond donors (Lipinski definition) is 1. The summed E-state index contributed by atoms with van der Waals surface area (Å²) in [5.74, 6) is -0.906. The van der Waals surface area contributed by atoms with Crippen LogP contribution in [0.1, 0.15) is 19.3 Å². The van der Waals surface area contributed by atoms with Crippen molar-refractivity contribution in [2.45, 2.75) is 25.4 Å². The van der Waals surface area contributed by atoms with Crippen molar-refractivity contribution in [2.24, 2.45) is 0 Å². The van der Waals surface area contributed by atoms with Crippen LogP contribution in [0.4, 0.5) is 24.5 Å². The predicted molar refractivity (Wildman–Crippen MR) is 100 cm³/mol. The fraction of sp³-hybridized carbons (Fsp3) is 0.526. The standard InChI is InChI=1S/C19H23F3N4O3/c20-19(21,22)13-24-8-3-9-25(11-10-24)17(28)6-7-18(29)26-12-16(27)23-14-4-1-2-5-15(14)26/h1-2,4-5H,3,6-13H2,(H,23,27). The number of fused-ring (bicyclic) bond motifs is 1. The zero-order chi connectivity index (χ0) is 21.0. The molecule has 0 bridgehead atoms. The van der Waals surface area contributed by atoms with Gasteiger partial charge in [-0.25, -0.2) is 0 Å². The fourth-order valence-electron chi connectivity index (χ4n) is 3.59. The van der Waals surface area contributed by atoms with Gasteiger partial charge in [-0.2, -0.15) is 13.2 Å². The largest absolute Gasteiger partial charge is 0.401 e. The minimum absolute atomic E-state index is 0.0433. The zero-order valence-electron chi connectivity index (χ0n) is 15.9. The van der Waals surface area contributed by atoms with Crippen LogP contribution in [0.3, 0.4) is 0 Å². The van der Waals surface area contributed by atoms with Crippen molar-refractivity contribution in [3.63, 3.8) is 0 Å². The Morgan fingerprint density at radius 2 is 1.72 bits per heavy atom. The molecule has 0 aliphatic carbocycles. The van der Waals surface area contributed by atoms with E-state index in [4.69, 9.17) is 0 Å². The number of carbonyl (C=O) groups is 3. The average Bonchev–Trinajstić information content (AvgIpc) is 2.89. The summed E-state index contributed by atoms with van der Waals surface area (Å²) in [6.45, 7) is -0.0841. The Balaban J connectivity index is 1.53. The zero-order valence-corrected chi connectivity index (χ0v) is 15.9. The molecule has 158 valence electrons. The second kappa shape index (κ2) is 8.81. The molecule has 2 aliphatic heterocycles. The number of carbonyl (C=O) groups excluding carboxylic acids is 3. The molecule has 29 heavy (non-hydrogen) atoms. The summed E-state index contributed by atoms with van der Waals surface area (Å²) in [6, 6.07) is 6.92. The molecule has 10 heteroatoms. The van der Waals surface area contributed by atoms with Gasteiger partial charge in [-0.05, 0) is 18.6 Å². The molecule has 0 aromatic heterocycles. The third-order valence-electron chi connectivity index (χ3n) is 4.97. The van der Waals surface area contributed by atoms with Crippen LogP contribution < -0.4 is 10.2 Å². The summed E-state index contributed by atoms with van der Waals surface area (Å²) in [5.41, 5.74) is 1.13. The lowest BCUT2D eigenvalue weighted by atomic mass is 10.1. The minimum atomic E-state index is -4.26. The second-order valence-corrected chi connectivity index (χ2v) is 7.17. The van der Waals surface area contributed by atoms with Crippen LogP contribution >= 0.6 is 0 Å². The Bertz CT molecular complexity index is 784. The van der Waals surface area contributed by atoms with Crippen molar-refractivity contribution in [2.75, 3.05) is 49.5 Å². The highest BCUT2D eigenvalue weighted by Crippen LogP contribution is 2.29. The minimum Gasteiger partial charge on any atom is -0.341 e. The van der Waals surface area contributed by atoms with Gasteiger partial charge in [0.05, 0.1) is 17.9 Å². The summed E-state index contributed by atoms with van der Waals surface area (Å²) >= 11 is 0. The molecule has 2 heterocycles. The molecule has 3 rings (SSSR count). The molecule has 0 spiro atoms. The predicted octanol–water partition coefficient (Wildman–Crippen LogP) is 1.85. The molecule has 1 aromatic carbocycles. The molecular formula is C19H23F3N4O3. The van der Waals surface area contributed by atoms with Crippen molar-refractivity contribution >= 4 is 29.1 Å². The first kappa shape index (κ1) is 21.1. The summed E-state index contributed by atoms with van der Waals surface area (Å²) in [7, 11) is 0. The highest BCUT2D eigenvalue weighted by Gasteiger charge is 2.32. The number of hydrogen-bond acceptors (Lipinski definition) is 4. The van der Waals surface area contributed by atoms with E-state index in [1.807, 2.05) is 0 Å². The van der Waals surface area contributed by atoms with E-state index in [1.54, 1.807) is 24.3 Å². The number of anilines is 2. The maximum atomic E-state index is 12.6. The van der Waals surface area contributed by atoms with E-state index in [9.17, 15) is 27.6 Å². The summed E-state index contributed by atoms with van der Waals surface area (Å²) in [4.78, 5) is 41.1. The molecule has 3 amide bonds. The number of amides is 3. The van der Waals surface area contributed by atoms with Crippen LogP contribution in [0, 0.1) is 0 Å². The maximum Gasteiger partial charge on any atom is 0.401 e. The maximum absolute atomic E-state index is 12.6. The smallest absolute Gasteiger partial charge is 0.341 e. The lowest BCUT2D eigenvalue weighted by Gasteiger charge is -2.29. The van der Waals surface area contributed by atoms with Gasteiger partial charge in [-0.15, -0.1) is 0 Å². The van der Waals surface area contributed by atoms with Crippen molar-refractivity contribution in [3.05, 3.63) is 24.3 Å². The monoisotopic (exact) mass is 412 g/mol. The van der Waals surface area contributed by atoms with Crippen LogP contribution in [0.2, 0.25) is 0 Å². The summed E-state index contributed by atoms with van der Waals surface area (Å²) in [5, 5.41) is 2.70. The van der Waals surface area contributed by atoms with Crippen LogP contribution in [-0.2, 0) is 14.4 Å². The first-order valence-electron chi connectivity index (χ1n) is 9.49. The quantitative estimate of drug-likeness (QED) is 0.819. The summed E-state index contributed by atoms with van der Waals surface area (Å²) < 4.78 is 37.7. The van der Waals surface area contributed by atoms with Crippen molar-refractivity contribution in [1.29, 1.82) is 0 Å². The van der Waals surface area contributed by atoms with E-state index in [2.05, 4.69) is 5.32 Å². The number of nitrogens with one attached hydrogen (secondary N) is 1. The number of alkyl halides is 3. The topological polar surface area (TPSA) is 73.0 Å². The van der Waals surface area contributed by atoms with E-state index < -0.39 is 12.7 Å². The van der Waals surface area contributed by atoms with Crippen molar-refractivity contribution in [3.8, 4) is 0 Å². The van der Waals surface area contributed by atoms with Gasteiger partial charge in [-0.3, -0.25) is 19.3 Å². The molecule has 7 nitrogen and oxygen atoms in total. The van der Waals surface area contributed by atoms with Gasteiger partial charge in [0.25, 0.3) is 0 Å². The molecule has 1 N–H and O–H groups in total. The Morgan fingerprint density at radius 1 is 1.00 bits per heavy atom. The molecule has 1 saturated heterocycles. The third kappa shape index (κ3) is 5.69. The highest BCUT2D eigenvalue weighted by atomic mass is 19.4. The van der Waals surface area contributed by atoms with Gasteiger partial charge in [0.2, 0.25) is 17.7 Å². The molecule has 1 fully saturated rings. The SMILES string of the molecule is O=C1CN(C(=O)CCC(=O)N2CCCN(CC(F)(F)F)CC2)c2ccccc2N1. The number of halogens is 3. The number of benzene rings is 1. The van der Waals surface area contributed by atoms with Gasteiger partial charge in [-0.1, -0.05) is 12.1 Å². The van der Waals surface area contributed by atoms with E-state index in [-0.39, 0.29) is 56.7 Å². The second-order valence-electron chi connectivity index (χ2n) is 7.17. The van der Waals surface area contributed by atoms with E-state index in [1.165, 1.54) is 14.7 Å².